The maximum absolute atomic E-state index is 11.0. The average Bonchev–Trinajstić information content (AvgIpc) is 3.05. The van der Waals surface area contributed by atoms with Gasteiger partial charge in [-0.1, -0.05) is 0 Å². The van der Waals surface area contributed by atoms with Crippen molar-refractivity contribution in [3.63, 3.8) is 0 Å². The smallest absolute Gasteiger partial charge is 0.159 e. The second kappa shape index (κ2) is 4.34. The monoisotopic (exact) mass is 249 g/mol. The first-order valence-corrected chi connectivity index (χ1v) is 7.22. The molecule has 1 N–H and O–H groups in total. The van der Waals surface area contributed by atoms with Crippen LogP contribution in [0.1, 0.15) is 64.2 Å². The van der Waals surface area contributed by atoms with Crippen LogP contribution in [-0.2, 0) is 5.60 Å². The Hall–Kier alpha value is -0.900. The highest BCUT2D eigenvalue weighted by Crippen LogP contribution is 2.49. The molecule has 100 valence electrons. The summed E-state index contributed by atoms with van der Waals surface area (Å²) in [6, 6.07) is 0.257. The molecule has 2 saturated carbocycles. The SMILES string of the molecule is CC(C)n1ncnc1C1(O)CCCC(C2CC2)C1. The van der Waals surface area contributed by atoms with Crippen molar-refractivity contribution in [3.05, 3.63) is 12.2 Å². The third-order valence-electron chi connectivity index (χ3n) is 4.53. The van der Waals surface area contributed by atoms with Gasteiger partial charge >= 0.3 is 0 Å². The topological polar surface area (TPSA) is 50.9 Å². The van der Waals surface area contributed by atoms with Crippen molar-refractivity contribution in [2.75, 3.05) is 0 Å². The Morgan fingerprint density at radius 1 is 1.33 bits per heavy atom. The number of hydrogen-bond acceptors (Lipinski definition) is 3. The Kier molecular flexibility index (Phi) is 2.93. The van der Waals surface area contributed by atoms with Crippen molar-refractivity contribution < 1.29 is 5.11 Å². The van der Waals surface area contributed by atoms with Crippen LogP contribution in [0.15, 0.2) is 6.33 Å². The summed E-state index contributed by atoms with van der Waals surface area (Å²) in [5, 5.41) is 15.3. The summed E-state index contributed by atoms with van der Waals surface area (Å²) in [5.41, 5.74) is -0.744. The maximum Gasteiger partial charge on any atom is 0.159 e. The van der Waals surface area contributed by atoms with E-state index in [1.54, 1.807) is 6.33 Å². The van der Waals surface area contributed by atoms with Crippen molar-refractivity contribution in [2.24, 2.45) is 11.8 Å². The summed E-state index contributed by atoms with van der Waals surface area (Å²) in [4.78, 5) is 4.35. The molecule has 0 aliphatic heterocycles. The van der Waals surface area contributed by atoms with Crippen LogP contribution in [0.25, 0.3) is 0 Å². The first kappa shape index (κ1) is 12.2. The van der Waals surface area contributed by atoms with Gasteiger partial charge in [-0.2, -0.15) is 5.10 Å². The van der Waals surface area contributed by atoms with Crippen molar-refractivity contribution in [1.82, 2.24) is 14.8 Å². The van der Waals surface area contributed by atoms with Crippen LogP contribution in [0.2, 0.25) is 0 Å². The number of aromatic nitrogens is 3. The largest absolute Gasteiger partial charge is 0.382 e. The minimum Gasteiger partial charge on any atom is -0.382 e. The number of rotatable bonds is 3. The minimum atomic E-state index is -0.744. The highest BCUT2D eigenvalue weighted by Gasteiger charge is 2.44. The second-order valence-electron chi connectivity index (χ2n) is 6.35. The zero-order chi connectivity index (χ0) is 12.8. The van der Waals surface area contributed by atoms with E-state index in [1.807, 2.05) is 4.68 Å². The van der Waals surface area contributed by atoms with Gasteiger partial charge in [0.25, 0.3) is 0 Å². The molecule has 0 saturated heterocycles. The predicted octanol–water partition coefficient (Wildman–Crippen LogP) is 2.65. The Labute approximate surface area is 108 Å². The third-order valence-corrected chi connectivity index (χ3v) is 4.53. The van der Waals surface area contributed by atoms with Crippen LogP contribution < -0.4 is 0 Å². The average molecular weight is 249 g/mol. The van der Waals surface area contributed by atoms with E-state index in [0.717, 1.165) is 31.0 Å². The van der Waals surface area contributed by atoms with E-state index in [2.05, 4.69) is 23.9 Å². The van der Waals surface area contributed by atoms with Gasteiger partial charge in [-0.15, -0.1) is 0 Å². The zero-order valence-corrected chi connectivity index (χ0v) is 11.3. The van der Waals surface area contributed by atoms with E-state index < -0.39 is 5.60 Å². The molecule has 2 aliphatic carbocycles. The molecule has 18 heavy (non-hydrogen) atoms. The van der Waals surface area contributed by atoms with Gasteiger partial charge in [0.2, 0.25) is 0 Å². The lowest BCUT2D eigenvalue weighted by atomic mass is 9.75. The Morgan fingerprint density at radius 2 is 2.11 bits per heavy atom. The van der Waals surface area contributed by atoms with E-state index in [0.29, 0.717) is 5.92 Å². The molecule has 0 spiro atoms. The molecule has 0 radical (unpaired) electrons. The van der Waals surface area contributed by atoms with E-state index >= 15 is 0 Å². The van der Waals surface area contributed by atoms with Gasteiger partial charge in [0.05, 0.1) is 0 Å². The minimum absolute atomic E-state index is 0.257. The molecule has 0 aromatic carbocycles. The Morgan fingerprint density at radius 3 is 2.78 bits per heavy atom. The van der Waals surface area contributed by atoms with Crippen LogP contribution in [0.5, 0.6) is 0 Å². The third kappa shape index (κ3) is 2.07. The lowest BCUT2D eigenvalue weighted by Gasteiger charge is -2.36. The van der Waals surface area contributed by atoms with Gasteiger partial charge in [-0.3, -0.25) is 0 Å². The predicted molar refractivity (Wildman–Crippen MR) is 69.0 cm³/mol. The fourth-order valence-corrected chi connectivity index (χ4v) is 3.43. The van der Waals surface area contributed by atoms with E-state index in [9.17, 15) is 5.11 Å². The van der Waals surface area contributed by atoms with Crippen LogP contribution in [-0.4, -0.2) is 19.9 Å². The lowest BCUT2D eigenvalue weighted by molar-refractivity contribution is -0.0367. The van der Waals surface area contributed by atoms with E-state index in [4.69, 9.17) is 0 Å². The summed E-state index contributed by atoms with van der Waals surface area (Å²) < 4.78 is 1.88. The van der Waals surface area contributed by atoms with Crippen LogP contribution >= 0.6 is 0 Å². The Bertz CT molecular complexity index is 424. The molecule has 3 rings (SSSR count). The summed E-state index contributed by atoms with van der Waals surface area (Å²) in [7, 11) is 0. The number of nitrogens with zero attached hydrogens (tertiary/aromatic N) is 3. The molecule has 1 heterocycles. The van der Waals surface area contributed by atoms with Gasteiger partial charge in [0.1, 0.15) is 11.9 Å². The summed E-state index contributed by atoms with van der Waals surface area (Å²) in [6.07, 6.45) is 8.40. The molecule has 4 heteroatoms. The lowest BCUT2D eigenvalue weighted by Crippen LogP contribution is -2.36. The van der Waals surface area contributed by atoms with Crippen molar-refractivity contribution >= 4 is 0 Å². The molecular formula is C14H23N3O. The molecule has 0 bridgehead atoms. The standard InChI is InChI=1S/C14H23N3O/c1-10(2)17-13(15-9-16-17)14(18)7-3-4-12(8-14)11-5-6-11/h9-12,18H,3-8H2,1-2H3. The number of hydrogen-bond donors (Lipinski definition) is 1. The van der Waals surface area contributed by atoms with Crippen molar-refractivity contribution in [3.8, 4) is 0 Å². The highest BCUT2D eigenvalue weighted by molar-refractivity contribution is 5.06. The molecule has 4 nitrogen and oxygen atoms in total. The normalized spacial score (nSPS) is 33.0. The highest BCUT2D eigenvalue weighted by atomic mass is 16.3. The fourth-order valence-electron chi connectivity index (χ4n) is 3.43. The molecule has 0 amide bonds. The first-order valence-electron chi connectivity index (χ1n) is 7.22. The molecule has 2 atom stereocenters. The number of aliphatic hydroxyl groups is 1. The van der Waals surface area contributed by atoms with Crippen LogP contribution in [0.4, 0.5) is 0 Å². The van der Waals surface area contributed by atoms with Crippen molar-refractivity contribution in [2.45, 2.75) is 64.0 Å². The fraction of sp³-hybridized carbons (Fsp3) is 0.857. The molecular weight excluding hydrogens is 226 g/mol. The first-order chi connectivity index (χ1) is 8.60. The van der Waals surface area contributed by atoms with Gasteiger partial charge in [0.15, 0.2) is 5.82 Å². The van der Waals surface area contributed by atoms with Gasteiger partial charge < -0.3 is 5.11 Å². The van der Waals surface area contributed by atoms with Gasteiger partial charge in [0, 0.05) is 6.04 Å². The Balaban J connectivity index is 1.85. The maximum atomic E-state index is 11.0. The van der Waals surface area contributed by atoms with Gasteiger partial charge in [-0.05, 0) is 64.2 Å². The summed E-state index contributed by atoms with van der Waals surface area (Å²) in [6.45, 7) is 4.17. The molecule has 1 aromatic rings. The zero-order valence-electron chi connectivity index (χ0n) is 11.3. The quantitative estimate of drug-likeness (QED) is 0.896. The van der Waals surface area contributed by atoms with Gasteiger partial charge in [-0.25, -0.2) is 9.67 Å². The van der Waals surface area contributed by atoms with E-state index in [1.165, 1.54) is 19.3 Å². The second-order valence-corrected chi connectivity index (χ2v) is 6.35. The molecule has 2 aliphatic rings. The summed E-state index contributed by atoms with van der Waals surface area (Å²) >= 11 is 0. The van der Waals surface area contributed by atoms with Crippen LogP contribution in [0, 0.1) is 11.8 Å². The van der Waals surface area contributed by atoms with E-state index in [-0.39, 0.29) is 6.04 Å². The molecule has 2 unspecified atom stereocenters. The van der Waals surface area contributed by atoms with Crippen LogP contribution in [0.3, 0.4) is 0 Å². The molecule has 2 fully saturated rings. The molecule has 1 aromatic heterocycles. The van der Waals surface area contributed by atoms with Crippen molar-refractivity contribution in [1.29, 1.82) is 0 Å². The summed E-state index contributed by atoms with van der Waals surface area (Å²) in [5.74, 6) is 2.34.